The highest BCUT2D eigenvalue weighted by Crippen LogP contribution is 2.29. The zero-order valence-corrected chi connectivity index (χ0v) is 16.5. The summed E-state index contributed by atoms with van der Waals surface area (Å²) < 4.78 is 53.5. The summed E-state index contributed by atoms with van der Waals surface area (Å²) >= 11 is 0. The summed E-state index contributed by atoms with van der Waals surface area (Å²) in [7, 11) is -3.68. The van der Waals surface area contributed by atoms with Crippen molar-refractivity contribution in [3.05, 3.63) is 76.7 Å². The van der Waals surface area contributed by atoms with Crippen LogP contribution in [0, 0.1) is 11.6 Å². The third-order valence-electron chi connectivity index (χ3n) is 4.55. The molecule has 1 aliphatic carbocycles. The van der Waals surface area contributed by atoms with Gasteiger partial charge in [-0.25, -0.2) is 21.9 Å². The summed E-state index contributed by atoms with van der Waals surface area (Å²) in [4.78, 5) is 14.1. The SMILES string of the molecule is O=C(CCNS(=O)(=O)/C=C/c1ccccc1)N(Cc1ccc(F)cc1F)C1CC1. The molecule has 0 spiro atoms. The number of nitrogens with one attached hydrogen (secondary N) is 1. The smallest absolute Gasteiger partial charge is 0.233 e. The predicted molar refractivity (Wildman–Crippen MR) is 107 cm³/mol. The number of halogens is 2. The first-order chi connectivity index (χ1) is 13.8. The zero-order valence-electron chi connectivity index (χ0n) is 15.7. The summed E-state index contributed by atoms with van der Waals surface area (Å²) in [5, 5.41) is 1.05. The molecule has 5 nitrogen and oxygen atoms in total. The lowest BCUT2D eigenvalue weighted by Gasteiger charge is -2.23. The van der Waals surface area contributed by atoms with Crippen LogP contribution in [-0.2, 0) is 21.4 Å². The Bertz CT molecular complexity index is 990. The molecule has 1 saturated carbocycles. The molecule has 0 heterocycles. The van der Waals surface area contributed by atoms with Gasteiger partial charge in [-0.15, -0.1) is 0 Å². The van der Waals surface area contributed by atoms with Gasteiger partial charge in [0.2, 0.25) is 15.9 Å². The van der Waals surface area contributed by atoms with E-state index in [9.17, 15) is 22.0 Å². The molecule has 154 valence electrons. The number of carbonyl (C=O) groups is 1. The van der Waals surface area contributed by atoms with E-state index in [4.69, 9.17) is 0 Å². The second kappa shape index (κ2) is 9.28. The summed E-state index contributed by atoms with van der Waals surface area (Å²) in [5.41, 5.74) is 0.980. The van der Waals surface area contributed by atoms with Crippen molar-refractivity contribution in [1.82, 2.24) is 9.62 Å². The molecule has 8 heteroatoms. The van der Waals surface area contributed by atoms with Crippen LogP contribution in [0.25, 0.3) is 6.08 Å². The molecule has 0 aromatic heterocycles. The monoisotopic (exact) mass is 420 g/mol. The van der Waals surface area contributed by atoms with Crippen molar-refractivity contribution in [1.29, 1.82) is 0 Å². The van der Waals surface area contributed by atoms with Gasteiger partial charge in [0, 0.05) is 42.6 Å². The minimum atomic E-state index is -3.68. The number of nitrogens with zero attached hydrogens (tertiary/aromatic N) is 1. The molecule has 1 aliphatic rings. The molecule has 0 unspecified atom stereocenters. The number of hydrogen-bond acceptors (Lipinski definition) is 3. The van der Waals surface area contributed by atoms with Crippen LogP contribution in [0.3, 0.4) is 0 Å². The Balaban J connectivity index is 1.54. The Kier molecular flexibility index (Phi) is 6.76. The van der Waals surface area contributed by atoms with Crippen LogP contribution in [0.1, 0.15) is 30.4 Å². The van der Waals surface area contributed by atoms with Crippen LogP contribution in [0.2, 0.25) is 0 Å². The van der Waals surface area contributed by atoms with Crippen molar-refractivity contribution in [3.63, 3.8) is 0 Å². The van der Waals surface area contributed by atoms with E-state index in [1.54, 1.807) is 24.3 Å². The van der Waals surface area contributed by atoms with Gasteiger partial charge in [-0.05, 0) is 30.5 Å². The Morgan fingerprint density at radius 2 is 1.86 bits per heavy atom. The average molecular weight is 420 g/mol. The van der Waals surface area contributed by atoms with E-state index < -0.39 is 21.7 Å². The maximum absolute atomic E-state index is 13.9. The van der Waals surface area contributed by atoms with Gasteiger partial charge in [0.05, 0.1) is 0 Å². The summed E-state index contributed by atoms with van der Waals surface area (Å²) in [6.45, 7) is -0.0221. The summed E-state index contributed by atoms with van der Waals surface area (Å²) in [5.74, 6) is -1.64. The maximum atomic E-state index is 13.9. The van der Waals surface area contributed by atoms with Gasteiger partial charge >= 0.3 is 0 Å². The topological polar surface area (TPSA) is 66.5 Å². The molecule has 29 heavy (non-hydrogen) atoms. The Morgan fingerprint density at radius 3 is 2.52 bits per heavy atom. The fourth-order valence-corrected chi connectivity index (χ4v) is 3.68. The minimum Gasteiger partial charge on any atom is -0.335 e. The molecular weight excluding hydrogens is 398 g/mol. The molecule has 0 saturated heterocycles. The number of benzene rings is 2. The van der Waals surface area contributed by atoms with Gasteiger partial charge < -0.3 is 4.90 Å². The van der Waals surface area contributed by atoms with Gasteiger partial charge in [-0.1, -0.05) is 36.4 Å². The zero-order chi connectivity index (χ0) is 20.9. The molecule has 0 bridgehead atoms. The lowest BCUT2D eigenvalue weighted by Crippen LogP contribution is -2.35. The molecule has 3 rings (SSSR count). The second-order valence-corrected chi connectivity index (χ2v) is 8.54. The van der Waals surface area contributed by atoms with Crippen LogP contribution >= 0.6 is 0 Å². The van der Waals surface area contributed by atoms with E-state index in [-0.39, 0.29) is 37.0 Å². The molecule has 0 radical (unpaired) electrons. The molecule has 0 atom stereocenters. The molecular formula is C21H22F2N2O3S. The van der Waals surface area contributed by atoms with Crippen LogP contribution in [0.4, 0.5) is 8.78 Å². The van der Waals surface area contributed by atoms with Crippen LogP contribution in [-0.4, -0.2) is 31.8 Å². The minimum absolute atomic E-state index is 0.0153. The molecule has 1 fully saturated rings. The first kappa shape index (κ1) is 21.1. The molecule has 0 aliphatic heterocycles. The number of carbonyl (C=O) groups excluding carboxylic acids is 1. The van der Waals surface area contributed by atoms with Crippen molar-refractivity contribution in [2.75, 3.05) is 6.54 Å². The molecule has 1 N–H and O–H groups in total. The molecule has 2 aromatic carbocycles. The quantitative estimate of drug-likeness (QED) is 0.676. The van der Waals surface area contributed by atoms with Gasteiger partial charge in [0.15, 0.2) is 0 Å². The Labute approximate surface area is 169 Å². The Hall–Kier alpha value is -2.58. The van der Waals surface area contributed by atoms with E-state index in [0.29, 0.717) is 0 Å². The van der Waals surface area contributed by atoms with Crippen molar-refractivity contribution in [2.24, 2.45) is 0 Å². The van der Waals surface area contributed by atoms with E-state index in [0.717, 1.165) is 35.9 Å². The number of hydrogen-bond donors (Lipinski definition) is 1. The Morgan fingerprint density at radius 1 is 1.14 bits per heavy atom. The maximum Gasteiger partial charge on any atom is 0.233 e. The van der Waals surface area contributed by atoms with E-state index in [1.807, 2.05) is 6.07 Å². The highest BCUT2D eigenvalue weighted by molar-refractivity contribution is 7.92. The van der Waals surface area contributed by atoms with Crippen molar-refractivity contribution >= 4 is 22.0 Å². The van der Waals surface area contributed by atoms with Crippen molar-refractivity contribution < 1.29 is 22.0 Å². The van der Waals surface area contributed by atoms with E-state index in [1.165, 1.54) is 17.0 Å². The van der Waals surface area contributed by atoms with Crippen molar-refractivity contribution in [3.8, 4) is 0 Å². The van der Waals surface area contributed by atoms with E-state index >= 15 is 0 Å². The normalized spacial score (nSPS) is 14.3. The second-order valence-electron chi connectivity index (χ2n) is 6.89. The van der Waals surface area contributed by atoms with Gasteiger partial charge in [0.25, 0.3) is 0 Å². The average Bonchev–Trinajstić information content (AvgIpc) is 3.51. The first-order valence-electron chi connectivity index (χ1n) is 9.30. The van der Waals surface area contributed by atoms with Gasteiger partial charge in [-0.3, -0.25) is 4.79 Å². The van der Waals surface area contributed by atoms with Crippen LogP contribution < -0.4 is 4.72 Å². The molecule has 1 amide bonds. The van der Waals surface area contributed by atoms with E-state index in [2.05, 4.69) is 4.72 Å². The van der Waals surface area contributed by atoms with Crippen LogP contribution in [0.15, 0.2) is 53.9 Å². The number of sulfonamides is 1. The molecule has 2 aromatic rings. The first-order valence-corrected chi connectivity index (χ1v) is 10.8. The lowest BCUT2D eigenvalue weighted by atomic mass is 10.2. The van der Waals surface area contributed by atoms with Gasteiger partial charge in [0.1, 0.15) is 11.6 Å². The van der Waals surface area contributed by atoms with Crippen molar-refractivity contribution in [2.45, 2.75) is 31.8 Å². The summed E-state index contributed by atoms with van der Waals surface area (Å²) in [6, 6.07) is 12.3. The standard InChI is InChI=1S/C21H22F2N2O3S/c22-18-7-6-17(20(23)14-18)15-25(19-8-9-19)21(26)10-12-24-29(27,28)13-11-16-4-2-1-3-5-16/h1-7,11,13-14,19,24H,8-10,12,15H2/b13-11+. The number of amides is 1. The van der Waals surface area contributed by atoms with Crippen LogP contribution in [0.5, 0.6) is 0 Å². The van der Waals surface area contributed by atoms with Gasteiger partial charge in [-0.2, -0.15) is 0 Å². The lowest BCUT2D eigenvalue weighted by molar-refractivity contribution is -0.132. The highest BCUT2D eigenvalue weighted by atomic mass is 32.2. The summed E-state index contributed by atoms with van der Waals surface area (Å²) in [6.07, 6.45) is 3.07. The largest absolute Gasteiger partial charge is 0.335 e. The fraction of sp³-hybridized carbons (Fsp3) is 0.286. The number of rotatable bonds is 9. The predicted octanol–water partition coefficient (Wildman–Crippen LogP) is 3.44. The third-order valence-corrected chi connectivity index (χ3v) is 5.65. The third kappa shape index (κ3) is 6.47. The highest BCUT2D eigenvalue weighted by Gasteiger charge is 2.32. The fourth-order valence-electron chi connectivity index (χ4n) is 2.86.